The molecule has 1 aromatic carbocycles. The summed E-state index contributed by atoms with van der Waals surface area (Å²) in [6, 6.07) is 5.35. The van der Waals surface area contributed by atoms with E-state index in [9.17, 15) is 4.79 Å². The summed E-state index contributed by atoms with van der Waals surface area (Å²) in [5.74, 6) is 0.456. The smallest absolute Gasteiger partial charge is 0.257 e. The van der Waals surface area contributed by atoms with Crippen molar-refractivity contribution in [2.24, 2.45) is 0 Å². The molecule has 1 aromatic heterocycles. The number of halogens is 4. The Bertz CT molecular complexity index is 672. The molecule has 8 heteroatoms. The number of carbonyl (C=O) groups excluding carboxylic acids is 1. The number of hydrogen-bond donors (Lipinski definition) is 1. The van der Waals surface area contributed by atoms with E-state index >= 15 is 0 Å². The number of benzene rings is 1. The van der Waals surface area contributed by atoms with Crippen LogP contribution in [0.5, 0.6) is 5.75 Å². The van der Waals surface area contributed by atoms with Gasteiger partial charge in [-0.2, -0.15) is 0 Å². The molecule has 3 nitrogen and oxygen atoms in total. The van der Waals surface area contributed by atoms with Crippen molar-refractivity contribution < 1.29 is 9.53 Å². The second kappa shape index (κ2) is 6.91. The molecule has 1 N–H and O–H groups in total. The predicted octanol–water partition coefficient (Wildman–Crippen LogP) is 6.06. The van der Waals surface area contributed by atoms with Crippen LogP contribution < -0.4 is 10.1 Å². The normalized spacial score (nSPS) is 10.4. The lowest BCUT2D eigenvalue weighted by Gasteiger charge is -2.10. The number of nitrogens with one attached hydrogen (secondary N) is 1. The summed E-state index contributed by atoms with van der Waals surface area (Å²) in [6.45, 7) is 0. The van der Waals surface area contributed by atoms with Crippen LogP contribution in [0.15, 0.2) is 34.7 Å². The Morgan fingerprint density at radius 3 is 2.40 bits per heavy atom. The molecule has 0 radical (unpaired) electrons. The maximum absolute atomic E-state index is 12.3. The summed E-state index contributed by atoms with van der Waals surface area (Å²) in [6.07, 6.45) is 0. The summed E-state index contributed by atoms with van der Waals surface area (Å²) >= 11 is 15.0. The van der Waals surface area contributed by atoms with E-state index in [1.165, 1.54) is 11.3 Å². The zero-order chi connectivity index (χ0) is 14.9. The van der Waals surface area contributed by atoms with Crippen molar-refractivity contribution >= 4 is 86.7 Å². The van der Waals surface area contributed by atoms with Crippen molar-refractivity contribution in [3.05, 3.63) is 40.3 Å². The predicted molar refractivity (Wildman–Crippen MR) is 96.1 cm³/mol. The molecule has 0 aliphatic carbocycles. The number of carbonyl (C=O) groups is 1. The molecule has 0 spiro atoms. The van der Waals surface area contributed by atoms with E-state index < -0.39 is 0 Å². The van der Waals surface area contributed by atoms with E-state index in [2.05, 4.69) is 69.0 Å². The van der Waals surface area contributed by atoms with E-state index in [4.69, 9.17) is 4.74 Å². The maximum Gasteiger partial charge on any atom is 0.257 e. The van der Waals surface area contributed by atoms with Gasteiger partial charge in [0.05, 0.1) is 30.4 Å². The first-order valence-corrected chi connectivity index (χ1v) is 9.20. The zero-order valence-electron chi connectivity index (χ0n) is 9.97. The lowest BCUT2D eigenvalue weighted by atomic mass is 10.2. The number of methoxy groups -OCH3 is 1. The summed E-state index contributed by atoms with van der Waals surface area (Å²) in [5, 5.41) is 2.85. The molecule has 0 aliphatic heterocycles. The monoisotopic (exact) mass is 545 g/mol. The van der Waals surface area contributed by atoms with Gasteiger partial charge in [0.25, 0.3) is 5.91 Å². The van der Waals surface area contributed by atoms with Gasteiger partial charge in [0.15, 0.2) is 0 Å². The van der Waals surface area contributed by atoms with Crippen molar-refractivity contribution in [3.8, 4) is 5.75 Å². The molecule has 0 saturated carbocycles. The van der Waals surface area contributed by atoms with Gasteiger partial charge in [0, 0.05) is 10.5 Å². The molecule has 0 saturated heterocycles. The summed E-state index contributed by atoms with van der Waals surface area (Å²) in [7, 11) is 1.58. The van der Waals surface area contributed by atoms with Gasteiger partial charge in [-0.3, -0.25) is 4.79 Å². The van der Waals surface area contributed by atoms with Crippen LogP contribution in [0.2, 0.25) is 0 Å². The van der Waals surface area contributed by atoms with E-state index in [-0.39, 0.29) is 5.91 Å². The highest BCUT2D eigenvalue weighted by Crippen LogP contribution is 2.36. The van der Waals surface area contributed by atoms with Crippen molar-refractivity contribution in [1.29, 1.82) is 0 Å². The van der Waals surface area contributed by atoms with Gasteiger partial charge in [0.1, 0.15) is 5.75 Å². The Hall–Kier alpha value is 0.110. The number of anilines is 1. The molecule has 1 amide bonds. The fourth-order valence-electron chi connectivity index (χ4n) is 1.47. The fourth-order valence-corrected chi connectivity index (χ4v) is 5.51. The van der Waals surface area contributed by atoms with E-state index in [0.717, 1.165) is 16.5 Å². The molecule has 0 bridgehead atoms. The highest BCUT2D eigenvalue weighted by molar-refractivity contribution is 9.12. The highest BCUT2D eigenvalue weighted by atomic mass is 79.9. The Morgan fingerprint density at radius 1 is 1.15 bits per heavy atom. The number of amides is 1. The largest absolute Gasteiger partial charge is 0.495 e. The first-order valence-electron chi connectivity index (χ1n) is 5.21. The minimum Gasteiger partial charge on any atom is -0.495 e. The lowest BCUT2D eigenvalue weighted by molar-refractivity contribution is 0.102. The van der Waals surface area contributed by atoms with Gasteiger partial charge in [-0.15, -0.1) is 11.3 Å². The van der Waals surface area contributed by atoms with E-state index in [1.54, 1.807) is 19.2 Å². The standard InChI is InChI=1S/C12H7Br4NO2S/c1-19-9-4-8(6(13)3-7(9)14)17-12(18)5-2-10(15)20-11(5)16/h2-4H,1H3,(H,17,18). The van der Waals surface area contributed by atoms with Crippen molar-refractivity contribution in [2.45, 2.75) is 0 Å². The van der Waals surface area contributed by atoms with Crippen LogP contribution >= 0.6 is 75.1 Å². The summed E-state index contributed by atoms with van der Waals surface area (Å²) < 4.78 is 8.47. The third-order valence-electron chi connectivity index (χ3n) is 2.39. The molecular weight excluding hydrogens is 542 g/mol. The quantitative estimate of drug-likeness (QED) is 0.506. The third kappa shape index (κ3) is 3.65. The molecule has 106 valence electrons. The lowest BCUT2D eigenvalue weighted by Crippen LogP contribution is -2.12. The second-order valence-corrected chi connectivity index (χ2v) is 9.12. The first-order chi connectivity index (χ1) is 9.42. The van der Waals surface area contributed by atoms with E-state index in [1.807, 2.05) is 6.07 Å². The van der Waals surface area contributed by atoms with Crippen LogP contribution in [-0.2, 0) is 0 Å². The Kier molecular flexibility index (Phi) is 5.70. The molecule has 0 unspecified atom stereocenters. The number of thiophene rings is 1. The van der Waals surface area contributed by atoms with Crippen LogP contribution in [0.4, 0.5) is 5.69 Å². The number of rotatable bonds is 3. The van der Waals surface area contributed by atoms with Gasteiger partial charge in [0.2, 0.25) is 0 Å². The maximum atomic E-state index is 12.3. The van der Waals surface area contributed by atoms with Crippen LogP contribution in [0.25, 0.3) is 0 Å². The fraction of sp³-hybridized carbons (Fsp3) is 0.0833. The molecule has 2 rings (SSSR count). The Labute approximate surface area is 153 Å². The van der Waals surface area contributed by atoms with Gasteiger partial charge in [-0.05, 0) is 75.9 Å². The van der Waals surface area contributed by atoms with Gasteiger partial charge in [-0.25, -0.2) is 0 Å². The van der Waals surface area contributed by atoms with E-state index in [0.29, 0.717) is 17.0 Å². The summed E-state index contributed by atoms with van der Waals surface area (Å²) in [4.78, 5) is 12.3. The molecule has 0 atom stereocenters. The highest BCUT2D eigenvalue weighted by Gasteiger charge is 2.16. The summed E-state index contributed by atoms with van der Waals surface area (Å²) in [5.41, 5.74) is 1.22. The number of hydrogen-bond acceptors (Lipinski definition) is 3. The molecule has 20 heavy (non-hydrogen) atoms. The molecule has 0 fully saturated rings. The zero-order valence-corrected chi connectivity index (χ0v) is 17.1. The molecule has 0 aliphatic rings. The topological polar surface area (TPSA) is 38.3 Å². The van der Waals surface area contributed by atoms with Crippen LogP contribution in [-0.4, -0.2) is 13.0 Å². The van der Waals surface area contributed by atoms with Gasteiger partial charge < -0.3 is 10.1 Å². The minimum atomic E-state index is -0.191. The number of ether oxygens (including phenoxy) is 1. The SMILES string of the molecule is COc1cc(NC(=O)c2cc(Br)sc2Br)c(Br)cc1Br. The van der Waals surface area contributed by atoms with Crippen LogP contribution in [0, 0.1) is 0 Å². The van der Waals surface area contributed by atoms with Crippen LogP contribution in [0.3, 0.4) is 0 Å². The van der Waals surface area contributed by atoms with Crippen molar-refractivity contribution in [1.82, 2.24) is 0 Å². The van der Waals surface area contributed by atoms with Crippen molar-refractivity contribution in [3.63, 3.8) is 0 Å². The Morgan fingerprint density at radius 2 is 1.85 bits per heavy atom. The minimum absolute atomic E-state index is 0.191. The molecule has 2 aromatic rings. The van der Waals surface area contributed by atoms with Crippen molar-refractivity contribution in [2.75, 3.05) is 12.4 Å². The molecular formula is C12H7Br4NO2S. The van der Waals surface area contributed by atoms with Crippen LogP contribution in [0.1, 0.15) is 10.4 Å². The second-order valence-electron chi connectivity index (χ2n) is 3.66. The average Bonchev–Trinajstić information content (AvgIpc) is 2.71. The first kappa shape index (κ1) is 16.5. The van der Waals surface area contributed by atoms with Gasteiger partial charge >= 0.3 is 0 Å². The third-order valence-corrected chi connectivity index (χ3v) is 6.01. The Balaban J connectivity index is 2.30. The molecule has 1 heterocycles. The van der Waals surface area contributed by atoms with Gasteiger partial charge in [-0.1, -0.05) is 0 Å². The average molecular weight is 549 g/mol.